The van der Waals surface area contributed by atoms with Crippen LogP contribution in [0.25, 0.3) is 0 Å². The zero-order valence-electron chi connectivity index (χ0n) is 17.2. The van der Waals surface area contributed by atoms with Gasteiger partial charge in [-0.2, -0.15) is 0 Å². The molecule has 0 aliphatic rings. The molecule has 0 aliphatic carbocycles. The van der Waals surface area contributed by atoms with Gasteiger partial charge < -0.3 is 24.3 Å². The number of carbonyl (C=O) groups is 2. The summed E-state index contributed by atoms with van der Waals surface area (Å²) in [4.78, 5) is 24.5. The van der Waals surface area contributed by atoms with E-state index in [0.29, 0.717) is 35.2 Å². The second kappa shape index (κ2) is 10.9. The van der Waals surface area contributed by atoms with E-state index in [4.69, 9.17) is 18.9 Å². The van der Waals surface area contributed by atoms with Crippen LogP contribution in [0.15, 0.2) is 36.4 Å². The molecular weight excluding hydrogens is 374 g/mol. The molecule has 2 aromatic carbocycles. The van der Waals surface area contributed by atoms with E-state index in [1.165, 1.54) is 0 Å². The van der Waals surface area contributed by atoms with Crippen molar-refractivity contribution in [1.82, 2.24) is 5.32 Å². The number of rotatable bonds is 11. The largest absolute Gasteiger partial charge is 0.496 e. The zero-order valence-corrected chi connectivity index (χ0v) is 17.2. The van der Waals surface area contributed by atoms with Crippen LogP contribution < -0.4 is 24.3 Å². The fourth-order valence-corrected chi connectivity index (χ4v) is 2.79. The maximum atomic E-state index is 12.3. The van der Waals surface area contributed by atoms with E-state index in [-0.39, 0.29) is 31.1 Å². The number of benzene rings is 2. The van der Waals surface area contributed by atoms with Gasteiger partial charge in [0.25, 0.3) is 0 Å². The molecule has 0 bridgehead atoms. The van der Waals surface area contributed by atoms with Gasteiger partial charge in [-0.3, -0.25) is 9.59 Å². The number of hydrogen-bond donors (Lipinski definition) is 1. The number of amides is 1. The topological polar surface area (TPSA) is 83.1 Å². The Labute approximate surface area is 170 Å². The Hall–Kier alpha value is -3.22. The van der Waals surface area contributed by atoms with Crippen molar-refractivity contribution in [1.29, 1.82) is 0 Å². The number of methoxy groups -OCH3 is 3. The summed E-state index contributed by atoms with van der Waals surface area (Å²) in [6, 6.07) is 10.4. The van der Waals surface area contributed by atoms with Crippen LogP contribution >= 0.6 is 0 Å². The summed E-state index contributed by atoms with van der Waals surface area (Å²) < 4.78 is 21.2. The Balaban J connectivity index is 1.90. The van der Waals surface area contributed by atoms with E-state index >= 15 is 0 Å². The summed E-state index contributed by atoms with van der Waals surface area (Å²) in [5, 5.41) is 2.81. The van der Waals surface area contributed by atoms with Crippen molar-refractivity contribution in [2.45, 2.75) is 26.3 Å². The number of ether oxygens (including phenoxy) is 4. The van der Waals surface area contributed by atoms with Crippen molar-refractivity contribution in [3.05, 3.63) is 47.5 Å². The molecule has 7 heteroatoms. The Kier molecular flexibility index (Phi) is 8.33. The quantitative estimate of drug-likeness (QED) is 0.581. The maximum Gasteiger partial charge on any atom is 0.220 e. The van der Waals surface area contributed by atoms with E-state index in [1.54, 1.807) is 57.7 Å². The second-order valence-corrected chi connectivity index (χ2v) is 6.18. The average Bonchev–Trinajstić information content (AvgIpc) is 2.75. The van der Waals surface area contributed by atoms with E-state index < -0.39 is 0 Å². The summed E-state index contributed by atoms with van der Waals surface area (Å²) in [6.07, 6.45) is 0.227. The molecule has 0 spiro atoms. The first-order valence-electron chi connectivity index (χ1n) is 9.34. The standard InChI is InChI=1S/C22H27NO6/c1-5-29-17-8-6-15(7-9-17)18(24)10-11-22(25)23-14-16-12-20(27-3)21(28-4)13-19(16)26-2/h6-9,12-13H,5,10-11,14H2,1-4H3,(H,23,25). The highest BCUT2D eigenvalue weighted by molar-refractivity contribution is 5.98. The van der Waals surface area contributed by atoms with Gasteiger partial charge in [-0.05, 0) is 37.3 Å². The van der Waals surface area contributed by atoms with E-state index in [9.17, 15) is 9.59 Å². The minimum absolute atomic E-state index is 0.0908. The van der Waals surface area contributed by atoms with Gasteiger partial charge in [0.05, 0.1) is 27.9 Å². The number of ketones is 1. The summed E-state index contributed by atoms with van der Waals surface area (Å²) in [7, 11) is 4.63. The van der Waals surface area contributed by atoms with Crippen LogP contribution in [-0.2, 0) is 11.3 Å². The molecule has 1 amide bonds. The molecule has 2 rings (SSSR count). The SMILES string of the molecule is CCOc1ccc(C(=O)CCC(=O)NCc2cc(OC)c(OC)cc2OC)cc1. The molecule has 0 aliphatic heterocycles. The molecule has 156 valence electrons. The molecule has 2 aromatic rings. The Bertz CT molecular complexity index is 832. The zero-order chi connectivity index (χ0) is 21.2. The van der Waals surface area contributed by atoms with Crippen LogP contribution in [0.2, 0.25) is 0 Å². The van der Waals surface area contributed by atoms with Gasteiger partial charge in [-0.25, -0.2) is 0 Å². The first kappa shape index (κ1) is 22.1. The average molecular weight is 401 g/mol. The molecule has 0 radical (unpaired) electrons. The molecule has 0 fully saturated rings. The van der Waals surface area contributed by atoms with Gasteiger partial charge in [-0.1, -0.05) is 0 Å². The number of nitrogens with one attached hydrogen (secondary N) is 1. The molecule has 7 nitrogen and oxygen atoms in total. The van der Waals surface area contributed by atoms with Crippen LogP contribution in [0.4, 0.5) is 0 Å². The minimum atomic E-state index is -0.221. The predicted octanol–water partition coefficient (Wildman–Crippen LogP) is 3.39. The summed E-state index contributed by atoms with van der Waals surface area (Å²) >= 11 is 0. The highest BCUT2D eigenvalue weighted by Gasteiger charge is 2.14. The van der Waals surface area contributed by atoms with Crippen LogP contribution in [-0.4, -0.2) is 39.6 Å². The van der Waals surface area contributed by atoms with Crippen molar-refractivity contribution in [2.75, 3.05) is 27.9 Å². The fraction of sp³-hybridized carbons (Fsp3) is 0.364. The van der Waals surface area contributed by atoms with E-state index in [2.05, 4.69) is 5.32 Å². The normalized spacial score (nSPS) is 10.2. The van der Waals surface area contributed by atoms with Gasteiger partial charge in [0.15, 0.2) is 17.3 Å². The molecular formula is C22H27NO6. The first-order chi connectivity index (χ1) is 14.0. The van der Waals surface area contributed by atoms with Gasteiger partial charge in [-0.15, -0.1) is 0 Å². The van der Waals surface area contributed by atoms with Crippen molar-refractivity contribution in [3.63, 3.8) is 0 Å². The lowest BCUT2D eigenvalue weighted by molar-refractivity contribution is -0.121. The van der Waals surface area contributed by atoms with E-state index in [0.717, 1.165) is 5.56 Å². The lowest BCUT2D eigenvalue weighted by Gasteiger charge is -2.14. The molecule has 0 heterocycles. The Morgan fingerprint density at radius 3 is 2.07 bits per heavy atom. The molecule has 0 atom stereocenters. The van der Waals surface area contributed by atoms with Gasteiger partial charge in [0.1, 0.15) is 11.5 Å². The number of hydrogen-bond acceptors (Lipinski definition) is 6. The lowest BCUT2D eigenvalue weighted by Crippen LogP contribution is -2.23. The van der Waals surface area contributed by atoms with Crippen LogP contribution in [0.5, 0.6) is 23.0 Å². The molecule has 0 aromatic heterocycles. The predicted molar refractivity (Wildman–Crippen MR) is 109 cm³/mol. The fourth-order valence-electron chi connectivity index (χ4n) is 2.79. The van der Waals surface area contributed by atoms with Crippen molar-refractivity contribution < 1.29 is 28.5 Å². The maximum absolute atomic E-state index is 12.3. The summed E-state index contributed by atoms with van der Waals surface area (Å²) in [5.74, 6) is 2.07. The highest BCUT2D eigenvalue weighted by Crippen LogP contribution is 2.34. The van der Waals surface area contributed by atoms with Crippen LogP contribution in [0.1, 0.15) is 35.7 Å². The van der Waals surface area contributed by atoms with Gasteiger partial charge >= 0.3 is 0 Å². The van der Waals surface area contributed by atoms with Crippen LogP contribution in [0, 0.1) is 0 Å². The molecule has 1 N–H and O–H groups in total. The lowest BCUT2D eigenvalue weighted by atomic mass is 10.1. The molecule has 0 unspecified atom stereocenters. The van der Waals surface area contributed by atoms with Gasteiger partial charge in [0.2, 0.25) is 5.91 Å². The van der Waals surface area contributed by atoms with Crippen molar-refractivity contribution in [2.24, 2.45) is 0 Å². The third-order valence-electron chi connectivity index (χ3n) is 4.33. The molecule has 0 saturated heterocycles. The highest BCUT2D eigenvalue weighted by atomic mass is 16.5. The third-order valence-corrected chi connectivity index (χ3v) is 4.33. The Morgan fingerprint density at radius 2 is 1.48 bits per heavy atom. The summed E-state index contributed by atoms with van der Waals surface area (Å²) in [6.45, 7) is 2.72. The second-order valence-electron chi connectivity index (χ2n) is 6.18. The van der Waals surface area contributed by atoms with Crippen molar-refractivity contribution in [3.8, 4) is 23.0 Å². The smallest absolute Gasteiger partial charge is 0.220 e. The van der Waals surface area contributed by atoms with Gasteiger partial charge in [0, 0.05) is 36.6 Å². The minimum Gasteiger partial charge on any atom is -0.496 e. The summed E-state index contributed by atoms with van der Waals surface area (Å²) in [5.41, 5.74) is 1.30. The molecule has 29 heavy (non-hydrogen) atoms. The Morgan fingerprint density at radius 1 is 0.862 bits per heavy atom. The van der Waals surface area contributed by atoms with Crippen LogP contribution in [0.3, 0.4) is 0 Å². The third kappa shape index (κ3) is 6.14. The number of carbonyl (C=O) groups excluding carboxylic acids is 2. The first-order valence-corrected chi connectivity index (χ1v) is 9.34. The number of Topliss-reactive ketones (excluding diaryl/α,β-unsaturated/α-hetero) is 1. The van der Waals surface area contributed by atoms with Crippen molar-refractivity contribution >= 4 is 11.7 Å². The monoisotopic (exact) mass is 401 g/mol. The molecule has 0 saturated carbocycles. The van der Waals surface area contributed by atoms with E-state index in [1.807, 2.05) is 6.92 Å².